The van der Waals surface area contributed by atoms with Crippen LogP contribution in [-0.2, 0) is 0 Å². The third-order valence-corrected chi connectivity index (χ3v) is 4.13. The highest BCUT2D eigenvalue weighted by atomic mass is 16.5. The summed E-state index contributed by atoms with van der Waals surface area (Å²) >= 11 is 0. The van der Waals surface area contributed by atoms with Gasteiger partial charge in [0.25, 0.3) is 0 Å². The van der Waals surface area contributed by atoms with Crippen LogP contribution in [0.25, 0.3) is 0 Å². The molecule has 0 aliphatic heterocycles. The van der Waals surface area contributed by atoms with E-state index < -0.39 is 0 Å². The predicted octanol–water partition coefficient (Wildman–Crippen LogP) is 5.40. The van der Waals surface area contributed by atoms with Gasteiger partial charge in [-0.3, -0.25) is 4.79 Å². The molecule has 134 valence electrons. The monoisotopic (exact) mass is 342 g/mol. The minimum atomic E-state index is 0.483. The maximum atomic E-state index is 11.3. The Balaban J connectivity index is 2.48. The van der Waals surface area contributed by atoms with Crippen LogP contribution in [0.1, 0.15) is 46.8 Å². The van der Waals surface area contributed by atoms with Gasteiger partial charge in [0.15, 0.2) is 11.5 Å². The van der Waals surface area contributed by atoms with E-state index in [4.69, 9.17) is 14.2 Å². The van der Waals surface area contributed by atoms with Crippen molar-refractivity contribution in [1.29, 1.82) is 0 Å². The van der Waals surface area contributed by atoms with Gasteiger partial charge in [-0.25, -0.2) is 0 Å². The second-order valence-electron chi connectivity index (χ2n) is 6.18. The van der Waals surface area contributed by atoms with E-state index in [1.165, 1.54) is 0 Å². The van der Waals surface area contributed by atoms with Crippen LogP contribution in [0, 0.1) is 20.8 Å². The molecule has 0 N–H and O–H groups in total. The summed E-state index contributed by atoms with van der Waals surface area (Å²) in [6, 6.07) is 7.45. The van der Waals surface area contributed by atoms with Crippen LogP contribution in [0.2, 0.25) is 0 Å². The van der Waals surface area contributed by atoms with E-state index >= 15 is 0 Å². The molecular weight excluding hydrogens is 316 g/mol. The van der Waals surface area contributed by atoms with Crippen molar-refractivity contribution in [3.05, 3.63) is 46.5 Å². The zero-order chi connectivity index (χ0) is 18.4. The lowest BCUT2D eigenvalue weighted by molar-refractivity contribution is 0.112. The molecule has 0 saturated carbocycles. The van der Waals surface area contributed by atoms with Crippen LogP contribution >= 0.6 is 0 Å². The number of unbranched alkanes of at least 4 members (excludes halogenated alkanes) is 1. The minimum Gasteiger partial charge on any atom is -0.493 e. The van der Waals surface area contributed by atoms with E-state index in [0.29, 0.717) is 29.4 Å². The molecule has 0 atom stereocenters. The molecule has 0 amide bonds. The molecule has 0 aromatic heterocycles. The van der Waals surface area contributed by atoms with E-state index in [1.807, 2.05) is 19.9 Å². The Morgan fingerprint density at radius 1 is 1.00 bits per heavy atom. The second kappa shape index (κ2) is 8.56. The molecule has 2 aromatic carbocycles. The summed E-state index contributed by atoms with van der Waals surface area (Å²) in [6.45, 7) is 8.76. The molecule has 25 heavy (non-hydrogen) atoms. The van der Waals surface area contributed by atoms with Crippen LogP contribution in [0.4, 0.5) is 0 Å². The number of methoxy groups -OCH3 is 1. The number of hydrogen-bond donors (Lipinski definition) is 0. The van der Waals surface area contributed by atoms with Crippen molar-refractivity contribution >= 4 is 6.29 Å². The smallest absolute Gasteiger partial charge is 0.204 e. The summed E-state index contributed by atoms with van der Waals surface area (Å²) in [5.41, 5.74) is 3.81. The molecular formula is C21H26O4. The Hall–Kier alpha value is -2.49. The highest BCUT2D eigenvalue weighted by Gasteiger charge is 2.17. The summed E-state index contributed by atoms with van der Waals surface area (Å²) < 4.78 is 17.5. The maximum absolute atomic E-state index is 11.3. The summed E-state index contributed by atoms with van der Waals surface area (Å²) in [5, 5.41) is 0. The topological polar surface area (TPSA) is 44.8 Å². The first-order valence-electron chi connectivity index (χ1n) is 8.55. The van der Waals surface area contributed by atoms with Crippen LogP contribution < -0.4 is 14.2 Å². The van der Waals surface area contributed by atoms with Gasteiger partial charge in [0.05, 0.1) is 13.7 Å². The largest absolute Gasteiger partial charge is 0.493 e. The van der Waals surface area contributed by atoms with Crippen molar-refractivity contribution < 1.29 is 19.0 Å². The Kier molecular flexibility index (Phi) is 6.45. The van der Waals surface area contributed by atoms with Gasteiger partial charge in [-0.2, -0.15) is 0 Å². The second-order valence-corrected chi connectivity index (χ2v) is 6.18. The van der Waals surface area contributed by atoms with Gasteiger partial charge >= 0.3 is 0 Å². The molecule has 4 nitrogen and oxygen atoms in total. The Morgan fingerprint density at radius 2 is 1.72 bits per heavy atom. The number of aldehydes is 1. The van der Waals surface area contributed by atoms with Gasteiger partial charge in [0, 0.05) is 5.56 Å². The van der Waals surface area contributed by atoms with Gasteiger partial charge < -0.3 is 14.2 Å². The molecule has 0 radical (unpaired) electrons. The molecule has 0 bridgehead atoms. The van der Waals surface area contributed by atoms with Crippen LogP contribution in [0.3, 0.4) is 0 Å². The van der Waals surface area contributed by atoms with Crippen LogP contribution in [0.5, 0.6) is 23.0 Å². The van der Waals surface area contributed by atoms with Gasteiger partial charge in [0.2, 0.25) is 5.75 Å². The number of benzene rings is 2. The van der Waals surface area contributed by atoms with Gasteiger partial charge in [-0.1, -0.05) is 19.4 Å². The minimum absolute atomic E-state index is 0.483. The van der Waals surface area contributed by atoms with E-state index in [-0.39, 0.29) is 0 Å². The summed E-state index contributed by atoms with van der Waals surface area (Å²) in [6.07, 6.45) is 2.74. The molecule has 2 rings (SSSR count). The standard InChI is InChI=1S/C21H26O4/c1-6-7-8-24-21-19(23-5)11-17(13-22)12-20(21)25-18-10-14(2)9-15(3)16(18)4/h9-13H,6-8H2,1-5H3. The molecule has 0 aliphatic rings. The van der Waals surface area contributed by atoms with E-state index in [9.17, 15) is 4.79 Å². The first-order chi connectivity index (χ1) is 12.0. The van der Waals surface area contributed by atoms with Gasteiger partial charge in [0.1, 0.15) is 12.0 Å². The van der Waals surface area contributed by atoms with Crippen molar-refractivity contribution in [2.75, 3.05) is 13.7 Å². The zero-order valence-electron chi connectivity index (χ0n) is 15.6. The third kappa shape index (κ3) is 4.53. The third-order valence-electron chi connectivity index (χ3n) is 4.13. The maximum Gasteiger partial charge on any atom is 0.204 e. The zero-order valence-corrected chi connectivity index (χ0v) is 15.6. The SMILES string of the molecule is CCCCOc1c(OC)cc(C=O)cc1Oc1cc(C)cc(C)c1C. The quantitative estimate of drug-likeness (QED) is 0.476. The summed E-state index contributed by atoms with van der Waals surface area (Å²) in [4.78, 5) is 11.3. The van der Waals surface area contributed by atoms with E-state index in [1.54, 1.807) is 19.2 Å². The van der Waals surface area contributed by atoms with Crippen molar-refractivity contribution in [1.82, 2.24) is 0 Å². The number of ether oxygens (including phenoxy) is 3. The molecule has 2 aromatic rings. The average molecular weight is 342 g/mol. The lowest BCUT2D eigenvalue weighted by atomic mass is 10.1. The molecule has 0 spiro atoms. The average Bonchev–Trinajstić information content (AvgIpc) is 2.60. The predicted molar refractivity (Wildman–Crippen MR) is 99.5 cm³/mol. The van der Waals surface area contributed by atoms with Crippen molar-refractivity contribution in [3.63, 3.8) is 0 Å². The molecule has 0 heterocycles. The van der Waals surface area contributed by atoms with Crippen molar-refractivity contribution in [2.24, 2.45) is 0 Å². The highest BCUT2D eigenvalue weighted by Crippen LogP contribution is 2.42. The summed E-state index contributed by atoms with van der Waals surface area (Å²) in [5.74, 6) is 2.27. The molecule has 0 saturated heterocycles. The Bertz CT molecular complexity index is 750. The Morgan fingerprint density at radius 3 is 2.36 bits per heavy atom. The first-order valence-corrected chi connectivity index (χ1v) is 8.55. The first kappa shape index (κ1) is 18.8. The fraction of sp³-hybridized carbons (Fsp3) is 0.381. The number of carbonyl (C=O) groups is 1. The number of carbonyl (C=O) groups excluding carboxylic acids is 1. The van der Waals surface area contributed by atoms with Crippen LogP contribution in [0.15, 0.2) is 24.3 Å². The fourth-order valence-corrected chi connectivity index (χ4v) is 2.58. The van der Waals surface area contributed by atoms with Crippen LogP contribution in [-0.4, -0.2) is 20.0 Å². The van der Waals surface area contributed by atoms with Gasteiger partial charge in [-0.15, -0.1) is 0 Å². The molecule has 0 aliphatic carbocycles. The van der Waals surface area contributed by atoms with E-state index in [2.05, 4.69) is 19.9 Å². The fourth-order valence-electron chi connectivity index (χ4n) is 2.58. The number of aryl methyl sites for hydroxylation is 2. The highest BCUT2D eigenvalue weighted by molar-refractivity contribution is 5.78. The van der Waals surface area contributed by atoms with E-state index in [0.717, 1.165) is 41.6 Å². The number of rotatable bonds is 8. The molecule has 4 heteroatoms. The number of hydrogen-bond acceptors (Lipinski definition) is 4. The normalized spacial score (nSPS) is 10.4. The molecule has 0 fully saturated rings. The lowest BCUT2D eigenvalue weighted by Crippen LogP contribution is -2.02. The lowest BCUT2D eigenvalue weighted by Gasteiger charge is -2.18. The van der Waals surface area contributed by atoms with Gasteiger partial charge in [-0.05, 0) is 62.1 Å². The summed E-state index contributed by atoms with van der Waals surface area (Å²) in [7, 11) is 1.56. The van der Waals surface area contributed by atoms with Crippen molar-refractivity contribution in [3.8, 4) is 23.0 Å². The Labute approximate surface area is 149 Å². The van der Waals surface area contributed by atoms with Crippen molar-refractivity contribution in [2.45, 2.75) is 40.5 Å². The molecule has 0 unspecified atom stereocenters.